The van der Waals surface area contributed by atoms with Crippen LogP contribution in [0.2, 0.25) is 0 Å². The zero-order chi connectivity index (χ0) is 12.5. The Bertz CT molecular complexity index is 277. The fourth-order valence-corrected chi connectivity index (χ4v) is 1.35. The third-order valence-corrected chi connectivity index (χ3v) is 2.21. The molecule has 0 saturated heterocycles. The number of aryl methyl sites for hydroxylation is 1. The van der Waals surface area contributed by atoms with E-state index < -0.39 is 6.10 Å². The van der Waals surface area contributed by atoms with Gasteiger partial charge in [0, 0.05) is 19.3 Å². The molecule has 1 unspecified atom stereocenters. The highest BCUT2D eigenvalue weighted by molar-refractivity contribution is 4.64. The summed E-state index contributed by atoms with van der Waals surface area (Å²) < 4.78 is 7.10. The molecule has 0 amide bonds. The minimum atomic E-state index is -0.441. The second-order valence-corrected chi connectivity index (χ2v) is 4.26. The van der Waals surface area contributed by atoms with Crippen molar-refractivity contribution in [2.24, 2.45) is 0 Å². The van der Waals surface area contributed by atoms with Gasteiger partial charge in [-0.15, -0.1) is 5.10 Å². The van der Waals surface area contributed by atoms with E-state index in [2.05, 4.69) is 15.6 Å². The molecule has 0 bridgehead atoms. The van der Waals surface area contributed by atoms with E-state index in [0.717, 1.165) is 19.5 Å². The monoisotopic (exact) mass is 242 g/mol. The molecular formula is C11H22N4O2. The Morgan fingerprint density at radius 2 is 2.29 bits per heavy atom. The van der Waals surface area contributed by atoms with Gasteiger partial charge in [-0.2, -0.15) is 0 Å². The summed E-state index contributed by atoms with van der Waals surface area (Å²) in [5.74, 6) is 0. The molecule has 6 heteroatoms. The van der Waals surface area contributed by atoms with Gasteiger partial charge in [0.2, 0.25) is 0 Å². The summed E-state index contributed by atoms with van der Waals surface area (Å²) in [5.41, 5.74) is 0. The lowest BCUT2D eigenvalue weighted by atomic mass is 10.3. The van der Waals surface area contributed by atoms with Gasteiger partial charge in [0.1, 0.15) is 0 Å². The predicted molar refractivity (Wildman–Crippen MR) is 64.6 cm³/mol. The van der Waals surface area contributed by atoms with Crippen LogP contribution in [-0.4, -0.2) is 52.0 Å². The molecule has 1 aromatic rings. The van der Waals surface area contributed by atoms with Crippen LogP contribution in [0.5, 0.6) is 0 Å². The van der Waals surface area contributed by atoms with Gasteiger partial charge in [-0.3, -0.25) is 4.68 Å². The Kier molecular flexibility index (Phi) is 6.76. The fraction of sp³-hybridized carbons (Fsp3) is 0.818. The molecule has 0 fully saturated rings. The van der Waals surface area contributed by atoms with Crippen LogP contribution in [0.25, 0.3) is 0 Å². The van der Waals surface area contributed by atoms with Crippen molar-refractivity contribution in [2.75, 3.05) is 19.7 Å². The van der Waals surface area contributed by atoms with Gasteiger partial charge in [0.05, 0.1) is 25.0 Å². The number of ether oxygens (including phenoxy) is 1. The summed E-state index contributed by atoms with van der Waals surface area (Å²) in [5, 5.41) is 20.3. The van der Waals surface area contributed by atoms with Crippen molar-refractivity contribution in [1.82, 2.24) is 20.3 Å². The van der Waals surface area contributed by atoms with Gasteiger partial charge in [-0.1, -0.05) is 5.21 Å². The first kappa shape index (κ1) is 14.1. The summed E-state index contributed by atoms with van der Waals surface area (Å²) in [6, 6.07) is 0. The molecule has 0 aromatic carbocycles. The maximum Gasteiger partial charge on any atom is 0.0897 e. The van der Waals surface area contributed by atoms with E-state index >= 15 is 0 Å². The second kappa shape index (κ2) is 8.16. The lowest BCUT2D eigenvalue weighted by molar-refractivity contribution is 0.00644. The summed E-state index contributed by atoms with van der Waals surface area (Å²) in [4.78, 5) is 0. The van der Waals surface area contributed by atoms with Crippen molar-refractivity contribution in [3.8, 4) is 0 Å². The normalized spacial score (nSPS) is 13.2. The third kappa shape index (κ3) is 7.04. The first-order chi connectivity index (χ1) is 8.18. The molecule has 1 heterocycles. The van der Waals surface area contributed by atoms with Gasteiger partial charge in [-0.25, -0.2) is 0 Å². The smallest absolute Gasteiger partial charge is 0.0897 e. The number of hydrogen-bond donors (Lipinski definition) is 2. The van der Waals surface area contributed by atoms with E-state index in [-0.39, 0.29) is 6.10 Å². The Morgan fingerprint density at radius 1 is 1.47 bits per heavy atom. The minimum Gasteiger partial charge on any atom is -0.389 e. The lowest BCUT2D eigenvalue weighted by Crippen LogP contribution is -2.32. The molecule has 98 valence electrons. The van der Waals surface area contributed by atoms with E-state index in [1.54, 1.807) is 10.9 Å². The largest absolute Gasteiger partial charge is 0.389 e. The van der Waals surface area contributed by atoms with Gasteiger partial charge < -0.3 is 15.2 Å². The molecule has 1 aromatic heterocycles. The van der Waals surface area contributed by atoms with Crippen LogP contribution in [0.3, 0.4) is 0 Å². The molecule has 0 aliphatic rings. The Labute approximate surface area is 102 Å². The van der Waals surface area contributed by atoms with Crippen LogP contribution in [-0.2, 0) is 11.3 Å². The predicted octanol–water partition coefficient (Wildman–Crippen LogP) is 0.0437. The highest BCUT2D eigenvalue weighted by Crippen LogP contribution is 1.91. The maximum absolute atomic E-state index is 9.57. The van der Waals surface area contributed by atoms with Crippen molar-refractivity contribution < 1.29 is 9.84 Å². The maximum atomic E-state index is 9.57. The van der Waals surface area contributed by atoms with Gasteiger partial charge in [0.15, 0.2) is 0 Å². The van der Waals surface area contributed by atoms with Crippen LogP contribution in [0.1, 0.15) is 20.3 Å². The van der Waals surface area contributed by atoms with Crippen LogP contribution in [0.15, 0.2) is 12.4 Å². The van der Waals surface area contributed by atoms with E-state index in [0.29, 0.717) is 13.2 Å². The number of aliphatic hydroxyl groups excluding tert-OH is 1. The number of hydrogen-bond acceptors (Lipinski definition) is 5. The average molecular weight is 242 g/mol. The van der Waals surface area contributed by atoms with Crippen molar-refractivity contribution in [3.63, 3.8) is 0 Å². The van der Waals surface area contributed by atoms with Crippen molar-refractivity contribution in [1.29, 1.82) is 0 Å². The van der Waals surface area contributed by atoms with E-state index in [1.807, 2.05) is 20.0 Å². The average Bonchev–Trinajstić information content (AvgIpc) is 2.79. The molecule has 0 spiro atoms. The molecule has 1 atom stereocenters. The topological polar surface area (TPSA) is 72.2 Å². The van der Waals surface area contributed by atoms with Crippen LogP contribution in [0, 0.1) is 0 Å². The summed E-state index contributed by atoms with van der Waals surface area (Å²) >= 11 is 0. The molecule has 17 heavy (non-hydrogen) atoms. The summed E-state index contributed by atoms with van der Waals surface area (Å²) in [7, 11) is 0. The van der Waals surface area contributed by atoms with Gasteiger partial charge in [-0.05, 0) is 26.8 Å². The molecule has 1 rings (SSSR count). The SMILES string of the molecule is CC(C)OCC(O)CNCCCn1ccnn1. The molecule has 2 N–H and O–H groups in total. The van der Waals surface area contributed by atoms with Gasteiger partial charge >= 0.3 is 0 Å². The zero-order valence-electron chi connectivity index (χ0n) is 10.5. The van der Waals surface area contributed by atoms with Crippen LogP contribution >= 0.6 is 0 Å². The van der Waals surface area contributed by atoms with E-state index in [1.165, 1.54) is 0 Å². The number of aromatic nitrogens is 3. The summed E-state index contributed by atoms with van der Waals surface area (Å²) in [6.45, 7) is 6.54. The van der Waals surface area contributed by atoms with Crippen molar-refractivity contribution in [3.05, 3.63) is 12.4 Å². The quantitative estimate of drug-likeness (QED) is 0.598. The third-order valence-electron chi connectivity index (χ3n) is 2.21. The van der Waals surface area contributed by atoms with Crippen molar-refractivity contribution in [2.45, 2.75) is 39.0 Å². The highest BCUT2D eigenvalue weighted by atomic mass is 16.5. The first-order valence-electron chi connectivity index (χ1n) is 6.03. The molecule has 6 nitrogen and oxygen atoms in total. The van der Waals surface area contributed by atoms with Crippen molar-refractivity contribution >= 4 is 0 Å². The van der Waals surface area contributed by atoms with Crippen LogP contribution < -0.4 is 5.32 Å². The Hall–Kier alpha value is -0.980. The number of nitrogens with zero attached hydrogens (tertiary/aromatic N) is 3. The molecule has 0 saturated carbocycles. The first-order valence-corrected chi connectivity index (χ1v) is 6.03. The van der Waals surface area contributed by atoms with Gasteiger partial charge in [0.25, 0.3) is 0 Å². The minimum absolute atomic E-state index is 0.164. The lowest BCUT2D eigenvalue weighted by Gasteiger charge is -2.14. The zero-order valence-corrected chi connectivity index (χ0v) is 10.5. The standard InChI is InChI=1S/C11H22N4O2/c1-10(2)17-9-11(16)8-12-4-3-6-15-7-5-13-14-15/h5,7,10-12,16H,3-4,6,8-9H2,1-2H3. The van der Waals surface area contributed by atoms with E-state index in [9.17, 15) is 5.11 Å². The number of aliphatic hydroxyl groups is 1. The molecule has 0 aliphatic carbocycles. The molecular weight excluding hydrogens is 220 g/mol. The Balaban J connectivity index is 1.93. The molecule has 0 aliphatic heterocycles. The number of rotatable bonds is 9. The second-order valence-electron chi connectivity index (χ2n) is 4.26. The number of nitrogens with one attached hydrogen (secondary N) is 1. The highest BCUT2D eigenvalue weighted by Gasteiger charge is 2.04. The molecule has 0 radical (unpaired) electrons. The Morgan fingerprint density at radius 3 is 2.94 bits per heavy atom. The van der Waals surface area contributed by atoms with Crippen LogP contribution in [0.4, 0.5) is 0 Å². The van der Waals surface area contributed by atoms with E-state index in [4.69, 9.17) is 4.74 Å². The fourth-order valence-electron chi connectivity index (χ4n) is 1.35. The summed E-state index contributed by atoms with van der Waals surface area (Å²) in [6.07, 6.45) is 4.19.